The van der Waals surface area contributed by atoms with E-state index in [1.165, 1.54) is 6.21 Å². The highest BCUT2D eigenvalue weighted by Gasteiger charge is 2.19. The minimum absolute atomic E-state index is 0.132. The Morgan fingerprint density at radius 2 is 1.94 bits per heavy atom. The van der Waals surface area contributed by atoms with Crippen LogP contribution in [0.1, 0.15) is 47.0 Å². The van der Waals surface area contributed by atoms with Crippen molar-refractivity contribution in [3.8, 4) is 0 Å². The molecule has 0 saturated heterocycles. The summed E-state index contributed by atoms with van der Waals surface area (Å²) in [5, 5.41) is 11.4. The Hall–Kier alpha value is -1.06. The third-order valence-corrected chi connectivity index (χ3v) is 2.20. The maximum Gasteiger partial charge on any atom is 0.314 e. The summed E-state index contributed by atoms with van der Waals surface area (Å²) in [6.07, 6.45) is 3.79. The SMILES string of the molecule is CC(C)CCCC(/C=N\O)C(=O)OC(C)C. The first-order valence-corrected chi connectivity index (χ1v) is 5.85. The number of nitrogens with zero attached hydrogens (tertiary/aromatic N) is 1. The molecule has 94 valence electrons. The molecular formula is C12H23NO3. The van der Waals surface area contributed by atoms with Crippen LogP contribution in [0.2, 0.25) is 0 Å². The molecular weight excluding hydrogens is 206 g/mol. The maximum atomic E-state index is 11.6. The lowest BCUT2D eigenvalue weighted by atomic mass is 9.99. The predicted octanol–water partition coefficient (Wildman–Crippen LogP) is 2.84. The Kier molecular flexibility index (Phi) is 7.60. The number of ether oxygens (including phenoxy) is 1. The first-order chi connectivity index (χ1) is 7.47. The lowest BCUT2D eigenvalue weighted by Crippen LogP contribution is -2.22. The molecule has 0 aromatic carbocycles. The van der Waals surface area contributed by atoms with Gasteiger partial charge in [-0.15, -0.1) is 5.16 Å². The summed E-state index contributed by atoms with van der Waals surface area (Å²) in [5.74, 6) is -0.115. The van der Waals surface area contributed by atoms with E-state index in [9.17, 15) is 4.79 Å². The second kappa shape index (κ2) is 8.13. The molecule has 1 atom stereocenters. The Labute approximate surface area is 97.7 Å². The molecule has 0 amide bonds. The van der Waals surface area contributed by atoms with E-state index < -0.39 is 5.92 Å². The molecule has 0 bridgehead atoms. The minimum atomic E-state index is -0.425. The Bertz CT molecular complexity index is 224. The number of oxime groups is 1. The fraction of sp³-hybridized carbons (Fsp3) is 0.833. The van der Waals surface area contributed by atoms with Crippen molar-refractivity contribution in [2.24, 2.45) is 17.0 Å². The van der Waals surface area contributed by atoms with E-state index >= 15 is 0 Å². The molecule has 1 unspecified atom stereocenters. The first kappa shape index (κ1) is 14.9. The van der Waals surface area contributed by atoms with Gasteiger partial charge in [0.05, 0.1) is 18.2 Å². The zero-order valence-electron chi connectivity index (χ0n) is 10.6. The van der Waals surface area contributed by atoms with E-state index in [-0.39, 0.29) is 12.1 Å². The van der Waals surface area contributed by atoms with Crippen molar-refractivity contribution in [3.63, 3.8) is 0 Å². The third-order valence-electron chi connectivity index (χ3n) is 2.20. The van der Waals surface area contributed by atoms with Gasteiger partial charge in [-0.05, 0) is 26.2 Å². The van der Waals surface area contributed by atoms with Crippen LogP contribution < -0.4 is 0 Å². The highest BCUT2D eigenvalue weighted by molar-refractivity contribution is 5.89. The van der Waals surface area contributed by atoms with Crippen LogP contribution in [0.4, 0.5) is 0 Å². The smallest absolute Gasteiger partial charge is 0.314 e. The topological polar surface area (TPSA) is 58.9 Å². The highest BCUT2D eigenvalue weighted by atomic mass is 16.5. The summed E-state index contributed by atoms with van der Waals surface area (Å²) in [5.41, 5.74) is 0. The molecule has 0 heterocycles. The van der Waals surface area contributed by atoms with Crippen LogP contribution in [0.25, 0.3) is 0 Å². The molecule has 0 saturated carbocycles. The van der Waals surface area contributed by atoms with Crippen LogP contribution in [0.3, 0.4) is 0 Å². The van der Waals surface area contributed by atoms with Crippen molar-refractivity contribution in [2.75, 3.05) is 0 Å². The largest absolute Gasteiger partial charge is 0.462 e. The van der Waals surface area contributed by atoms with Gasteiger partial charge in [-0.25, -0.2) is 0 Å². The van der Waals surface area contributed by atoms with Crippen molar-refractivity contribution in [1.82, 2.24) is 0 Å². The van der Waals surface area contributed by atoms with Gasteiger partial charge < -0.3 is 9.94 Å². The average Bonchev–Trinajstić information content (AvgIpc) is 2.14. The van der Waals surface area contributed by atoms with Gasteiger partial charge in [-0.1, -0.05) is 26.7 Å². The summed E-state index contributed by atoms with van der Waals surface area (Å²) in [6.45, 7) is 7.89. The normalized spacial score (nSPS) is 13.6. The Balaban J connectivity index is 4.10. The molecule has 0 aliphatic rings. The summed E-state index contributed by atoms with van der Waals surface area (Å²) < 4.78 is 5.08. The average molecular weight is 229 g/mol. The Morgan fingerprint density at radius 1 is 1.31 bits per heavy atom. The molecule has 0 radical (unpaired) electrons. The van der Waals surface area contributed by atoms with E-state index in [0.717, 1.165) is 12.8 Å². The molecule has 0 aromatic heterocycles. The second-order valence-corrected chi connectivity index (χ2v) is 4.68. The molecule has 1 N–H and O–H groups in total. The van der Waals surface area contributed by atoms with Gasteiger partial charge in [-0.3, -0.25) is 4.79 Å². The van der Waals surface area contributed by atoms with Crippen LogP contribution in [-0.4, -0.2) is 23.5 Å². The number of esters is 1. The number of rotatable bonds is 7. The van der Waals surface area contributed by atoms with Crippen molar-refractivity contribution < 1.29 is 14.7 Å². The van der Waals surface area contributed by atoms with Crippen LogP contribution in [0.15, 0.2) is 5.16 Å². The maximum absolute atomic E-state index is 11.6. The number of hydrogen-bond donors (Lipinski definition) is 1. The van der Waals surface area contributed by atoms with Crippen molar-refractivity contribution in [3.05, 3.63) is 0 Å². The van der Waals surface area contributed by atoms with Gasteiger partial charge in [0.15, 0.2) is 0 Å². The molecule has 4 nitrogen and oxygen atoms in total. The number of carbonyl (C=O) groups excluding carboxylic acids is 1. The van der Waals surface area contributed by atoms with Gasteiger partial charge in [0, 0.05) is 0 Å². The van der Waals surface area contributed by atoms with Crippen molar-refractivity contribution >= 4 is 12.2 Å². The number of carbonyl (C=O) groups is 1. The summed E-state index contributed by atoms with van der Waals surface area (Å²) in [6, 6.07) is 0. The zero-order chi connectivity index (χ0) is 12.6. The number of hydrogen-bond acceptors (Lipinski definition) is 4. The van der Waals surface area contributed by atoms with Crippen molar-refractivity contribution in [2.45, 2.75) is 53.1 Å². The quantitative estimate of drug-likeness (QED) is 0.316. The van der Waals surface area contributed by atoms with Crippen molar-refractivity contribution in [1.29, 1.82) is 0 Å². The van der Waals surface area contributed by atoms with E-state index in [2.05, 4.69) is 19.0 Å². The van der Waals surface area contributed by atoms with Gasteiger partial charge in [0.2, 0.25) is 0 Å². The molecule has 16 heavy (non-hydrogen) atoms. The highest BCUT2D eigenvalue weighted by Crippen LogP contribution is 2.13. The lowest BCUT2D eigenvalue weighted by Gasteiger charge is -2.14. The summed E-state index contributed by atoms with van der Waals surface area (Å²) >= 11 is 0. The first-order valence-electron chi connectivity index (χ1n) is 5.85. The molecule has 0 aliphatic carbocycles. The van der Waals surface area contributed by atoms with Crippen LogP contribution in [-0.2, 0) is 9.53 Å². The molecule has 0 aromatic rings. The molecule has 0 rings (SSSR count). The third kappa shape index (κ3) is 7.26. The van der Waals surface area contributed by atoms with E-state index in [1.807, 2.05) is 0 Å². The molecule has 0 aliphatic heterocycles. The van der Waals surface area contributed by atoms with Crippen LogP contribution in [0.5, 0.6) is 0 Å². The monoisotopic (exact) mass is 229 g/mol. The van der Waals surface area contributed by atoms with Crippen LogP contribution >= 0.6 is 0 Å². The standard InChI is InChI=1S/C12H23NO3/c1-9(2)6-5-7-11(8-13-15)12(14)16-10(3)4/h8-11,15H,5-7H2,1-4H3/b13-8-. The molecule has 0 fully saturated rings. The lowest BCUT2D eigenvalue weighted by molar-refractivity contribution is -0.150. The molecule has 0 spiro atoms. The van der Waals surface area contributed by atoms with Gasteiger partial charge in [0.25, 0.3) is 0 Å². The predicted molar refractivity (Wildman–Crippen MR) is 63.7 cm³/mol. The van der Waals surface area contributed by atoms with Gasteiger partial charge in [-0.2, -0.15) is 0 Å². The Morgan fingerprint density at radius 3 is 2.38 bits per heavy atom. The summed E-state index contributed by atoms with van der Waals surface area (Å²) in [4.78, 5) is 11.6. The van der Waals surface area contributed by atoms with Gasteiger partial charge in [0.1, 0.15) is 0 Å². The molecule has 4 heteroatoms. The fourth-order valence-corrected chi connectivity index (χ4v) is 1.40. The minimum Gasteiger partial charge on any atom is -0.462 e. The van der Waals surface area contributed by atoms with Gasteiger partial charge >= 0.3 is 5.97 Å². The zero-order valence-corrected chi connectivity index (χ0v) is 10.6. The van der Waals surface area contributed by atoms with E-state index in [4.69, 9.17) is 9.94 Å². The van der Waals surface area contributed by atoms with E-state index in [1.54, 1.807) is 13.8 Å². The summed E-state index contributed by atoms with van der Waals surface area (Å²) in [7, 11) is 0. The fourth-order valence-electron chi connectivity index (χ4n) is 1.40. The van der Waals surface area contributed by atoms with Crippen LogP contribution in [0, 0.1) is 11.8 Å². The second-order valence-electron chi connectivity index (χ2n) is 4.68. The van der Waals surface area contributed by atoms with E-state index in [0.29, 0.717) is 12.3 Å².